The molecule has 2 N–H and O–H groups in total. The van der Waals surface area contributed by atoms with Crippen molar-refractivity contribution in [1.29, 1.82) is 0 Å². The topological polar surface area (TPSA) is 48.1 Å². The van der Waals surface area contributed by atoms with Crippen molar-refractivity contribution in [1.82, 2.24) is 14.7 Å². The summed E-state index contributed by atoms with van der Waals surface area (Å²) in [5.74, 6) is 1.63. The number of likely N-dealkylation sites (tertiary alicyclic amines) is 1. The maximum Gasteiger partial charge on any atom is 0.146 e. The third kappa shape index (κ3) is 4.78. The van der Waals surface area contributed by atoms with Crippen LogP contribution in [0.5, 0.6) is 0 Å². The standard InChI is InChI=1S/C16H29N5.C2H4/c1-5-6-9-15-18-16(17)14(12-19(15)3)20(4)13(2)21-10-7-8-11-21;1-2/h12,15H,2,5-11H2,1,3-4H3,(H2,17,18);1-2H2. The SMILES string of the molecule is C=C.C=C(N1CCCC1)N(C)C1=CN(C)C(CCCC)N=C1N. The van der Waals surface area contributed by atoms with Crippen molar-refractivity contribution in [3.05, 3.63) is 37.5 Å². The van der Waals surface area contributed by atoms with Crippen molar-refractivity contribution in [3.8, 4) is 0 Å². The number of aliphatic imine (C=N–C) groups is 1. The molecule has 1 saturated heterocycles. The van der Waals surface area contributed by atoms with E-state index in [0.717, 1.165) is 31.0 Å². The Morgan fingerprint density at radius 2 is 2.00 bits per heavy atom. The molecule has 0 amide bonds. The molecule has 2 heterocycles. The second-order valence-electron chi connectivity index (χ2n) is 5.99. The first kappa shape index (κ1) is 19.1. The molecule has 0 bridgehead atoms. The van der Waals surface area contributed by atoms with Crippen LogP contribution in [0.1, 0.15) is 39.0 Å². The van der Waals surface area contributed by atoms with Gasteiger partial charge in [-0.05, 0) is 25.7 Å². The largest absolute Gasteiger partial charge is 0.382 e. The molecule has 0 saturated carbocycles. The van der Waals surface area contributed by atoms with Gasteiger partial charge in [-0.15, -0.1) is 13.2 Å². The summed E-state index contributed by atoms with van der Waals surface area (Å²) in [4.78, 5) is 11.2. The van der Waals surface area contributed by atoms with Crippen molar-refractivity contribution in [2.45, 2.75) is 45.2 Å². The van der Waals surface area contributed by atoms with Gasteiger partial charge < -0.3 is 20.4 Å². The normalized spacial score (nSPS) is 20.4. The van der Waals surface area contributed by atoms with Crippen LogP contribution in [0.4, 0.5) is 0 Å². The van der Waals surface area contributed by atoms with Crippen molar-refractivity contribution >= 4 is 5.84 Å². The molecule has 1 unspecified atom stereocenters. The number of likely N-dealkylation sites (N-methyl/N-ethyl adjacent to an activating group) is 1. The first-order chi connectivity index (χ1) is 11.0. The van der Waals surface area contributed by atoms with E-state index in [2.05, 4.69) is 59.6 Å². The van der Waals surface area contributed by atoms with Gasteiger partial charge in [0, 0.05) is 33.4 Å². The summed E-state index contributed by atoms with van der Waals surface area (Å²) in [5.41, 5.74) is 7.14. The fraction of sp³-hybridized carbons (Fsp3) is 0.611. The van der Waals surface area contributed by atoms with E-state index in [0.29, 0.717) is 5.84 Å². The molecule has 130 valence electrons. The Hall–Kier alpha value is -1.91. The molecule has 0 aliphatic carbocycles. The van der Waals surface area contributed by atoms with Gasteiger partial charge in [0.25, 0.3) is 0 Å². The van der Waals surface area contributed by atoms with Crippen molar-refractivity contribution < 1.29 is 0 Å². The van der Waals surface area contributed by atoms with Crippen LogP contribution in [0.15, 0.2) is 42.4 Å². The maximum absolute atomic E-state index is 6.19. The Morgan fingerprint density at radius 3 is 2.57 bits per heavy atom. The fourth-order valence-electron chi connectivity index (χ4n) is 2.90. The first-order valence-corrected chi connectivity index (χ1v) is 8.49. The molecule has 2 aliphatic rings. The average Bonchev–Trinajstić information content (AvgIpc) is 3.10. The molecule has 0 radical (unpaired) electrons. The molecule has 5 nitrogen and oxygen atoms in total. The van der Waals surface area contributed by atoms with E-state index in [1.807, 2.05) is 7.05 Å². The Bertz CT molecular complexity index is 448. The van der Waals surface area contributed by atoms with Crippen molar-refractivity contribution in [3.63, 3.8) is 0 Å². The van der Waals surface area contributed by atoms with E-state index < -0.39 is 0 Å². The van der Waals surface area contributed by atoms with E-state index in [4.69, 9.17) is 5.73 Å². The van der Waals surface area contributed by atoms with Gasteiger partial charge in [-0.1, -0.05) is 19.9 Å². The molecule has 0 aromatic rings. The summed E-state index contributed by atoms with van der Waals surface area (Å²) in [5, 5.41) is 0. The number of unbranched alkanes of at least 4 members (excludes halogenated alkanes) is 1. The molecule has 1 fully saturated rings. The average molecular weight is 319 g/mol. The summed E-state index contributed by atoms with van der Waals surface area (Å²) < 4.78 is 0. The number of amidine groups is 1. The van der Waals surface area contributed by atoms with Gasteiger partial charge >= 0.3 is 0 Å². The molecule has 0 aromatic carbocycles. The van der Waals surface area contributed by atoms with Crippen LogP contribution in [0.2, 0.25) is 0 Å². The predicted octanol–water partition coefficient (Wildman–Crippen LogP) is 2.95. The quantitative estimate of drug-likeness (QED) is 0.765. The molecule has 0 aromatic heterocycles. The molecule has 5 heteroatoms. The Kier molecular flexibility index (Phi) is 7.72. The number of nitrogens with two attached hydrogens (primary N) is 1. The predicted molar refractivity (Wildman–Crippen MR) is 99.7 cm³/mol. The van der Waals surface area contributed by atoms with Crippen LogP contribution >= 0.6 is 0 Å². The van der Waals surface area contributed by atoms with Gasteiger partial charge in [-0.25, -0.2) is 4.99 Å². The van der Waals surface area contributed by atoms with E-state index in [1.54, 1.807) is 0 Å². The molecule has 0 spiro atoms. The van der Waals surface area contributed by atoms with Crippen LogP contribution in [0.25, 0.3) is 0 Å². The molecule has 2 rings (SSSR count). The lowest BCUT2D eigenvalue weighted by atomic mass is 10.2. The minimum Gasteiger partial charge on any atom is -0.382 e. The van der Waals surface area contributed by atoms with Gasteiger partial charge in [0.05, 0.1) is 0 Å². The lowest BCUT2D eigenvalue weighted by Crippen LogP contribution is -2.41. The lowest BCUT2D eigenvalue weighted by molar-refractivity contribution is 0.281. The number of nitrogens with zero attached hydrogens (tertiary/aromatic N) is 4. The maximum atomic E-state index is 6.19. The Morgan fingerprint density at radius 1 is 1.39 bits per heavy atom. The summed E-state index contributed by atoms with van der Waals surface area (Å²) in [6, 6.07) is 0. The first-order valence-electron chi connectivity index (χ1n) is 8.49. The summed E-state index contributed by atoms with van der Waals surface area (Å²) in [7, 11) is 4.10. The molecular weight excluding hydrogens is 286 g/mol. The highest BCUT2D eigenvalue weighted by molar-refractivity contribution is 5.97. The zero-order valence-electron chi connectivity index (χ0n) is 15.1. The smallest absolute Gasteiger partial charge is 0.146 e. The molecule has 1 atom stereocenters. The third-order valence-electron chi connectivity index (χ3n) is 4.38. The van der Waals surface area contributed by atoms with E-state index in [-0.39, 0.29) is 6.17 Å². The summed E-state index contributed by atoms with van der Waals surface area (Å²) in [6.07, 6.45) is 8.16. The van der Waals surface area contributed by atoms with Gasteiger partial charge in [-0.2, -0.15) is 0 Å². The molecule has 2 aliphatic heterocycles. The van der Waals surface area contributed by atoms with E-state index in [9.17, 15) is 0 Å². The minimum atomic E-state index is 0.169. The van der Waals surface area contributed by atoms with Crippen LogP contribution in [0.3, 0.4) is 0 Å². The highest BCUT2D eigenvalue weighted by Crippen LogP contribution is 2.23. The van der Waals surface area contributed by atoms with Crippen LogP contribution in [-0.2, 0) is 0 Å². The molecule has 23 heavy (non-hydrogen) atoms. The fourth-order valence-corrected chi connectivity index (χ4v) is 2.90. The van der Waals surface area contributed by atoms with Crippen LogP contribution < -0.4 is 5.73 Å². The van der Waals surface area contributed by atoms with Gasteiger partial charge in [0.2, 0.25) is 0 Å². The summed E-state index contributed by atoms with van der Waals surface area (Å²) >= 11 is 0. The van der Waals surface area contributed by atoms with Crippen LogP contribution in [-0.4, -0.2) is 53.9 Å². The molecular formula is C18H33N5. The minimum absolute atomic E-state index is 0.169. The van der Waals surface area contributed by atoms with Crippen molar-refractivity contribution in [2.75, 3.05) is 27.2 Å². The number of rotatable bonds is 6. The Balaban J connectivity index is 0.00000127. The van der Waals surface area contributed by atoms with Gasteiger partial charge in [0.15, 0.2) is 0 Å². The van der Waals surface area contributed by atoms with Crippen LogP contribution in [0, 0.1) is 0 Å². The number of hydrogen-bond donors (Lipinski definition) is 1. The van der Waals surface area contributed by atoms with E-state index >= 15 is 0 Å². The second kappa shape index (κ2) is 9.28. The zero-order chi connectivity index (χ0) is 17.4. The number of hydrogen-bond acceptors (Lipinski definition) is 5. The Labute approximate surface area is 141 Å². The second-order valence-corrected chi connectivity index (χ2v) is 5.99. The zero-order valence-corrected chi connectivity index (χ0v) is 15.1. The van der Waals surface area contributed by atoms with Crippen molar-refractivity contribution in [2.24, 2.45) is 10.7 Å². The van der Waals surface area contributed by atoms with Gasteiger partial charge in [0.1, 0.15) is 23.5 Å². The lowest BCUT2D eigenvalue weighted by Gasteiger charge is -2.36. The summed E-state index contributed by atoms with van der Waals surface area (Å²) in [6.45, 7) is 14.6. The van der Waals surface area contributed by atoms with Gasteiger partial charge in [-0.3, -0.25) is 0 Å². The highest BCUT2D eigenvalue weighted by atomic mass is 15.4. The third-order valence-corrected chi connectivity index (χ3v) is 4.38. The van der Waals surface area contributed by atoms with E-state index in [1.165, 1.54) is 25.7 Å². The highest BCUT2D eigenvalue weighted by Gasteiger charge is 2.24. The monoisotopic (exact) mass is 319 g/mol.